The second-order valence-electron chi connectivity index (χ2n) is 4.69. The van der Waals surface area contributed by atoms with Gasteiger partial charge in [0.25, 0.3) is 0 Å². The fourth-order valence-electron chi connectivity index (χ4n) is 1.94. The zero-order chi connectivity index (χ0) is 12.5. The predicted molar refractivity (Wildman–Crippen MR) is 65.7 cm³/mol. The highest BCUT2D eigenvalue weighted by Crippen LogP contribution is 2.40. The Hall–Kier alpha value is -1.42. The van der Waals surface area contributed by atoms with Gasteiger partial charge in [0.15, 0.2) is 0 Å². The Morgan fingerprint density at radius 1 is 1.29 bits per heavy atom. The van der Waals surface area contributed by atoms with Gasteiger partial charge in [-0.15, -0.1) is 0 Å². The lowest BCUT2D eigenvalue weighted by Gasteiger charge is -2.14. The Morgan fingerprint density at radius 2 is 2.00 bits per heavy atom. The molecule has 1 aromatic carbocycles. The number of benzene rings is 1. The van der Waals surface area contributed by atoms with Crippen LogP contribution in [-0.2, 0) is 6.42 Å². The molecule has 1 saturated carbocycles. The average Bonchev–Trinajstić information content (AvgIpc) is 3.05. The first-order valence-corrected chi connectivity index (χ1v) is 5.81. The molecule has 1 aliphatic rings. The van der Waals surface area contributed by atoms with Crippen LogP contribution in [0, 0.1) is 0 Å². The summed E-state index contributed by atoms with van der Waals surface area (Å²) in [5, 5.41) is 9.95. The Morgan fingerprint density at radius 3 is 2.53 bits per heavy atom. The van der Waals surface area contributed by atoms with Gasteiger partial charge in [0.1, 0.15) is 17.2 Å². The van der Waals surface area contributed by atoms with Crippen LogP contribution in [-0.4, -0.2) is 24.9 Å². The molecule has 1 aromatic rings. The highest BCUT2D eigenvalue weighted by atomic mass is 16.5. The van der Waals surface area contributed by atoms with Crippen LogP contribution in [0.3, 0.4) is 0 Å². The first-order chi connectivity index (χ1) is 8.08. The normalized spacial score (nSPS) is 16.6. The molecule has 0 heterocycles. The molecule has 2 rings (SSSR count). The van der Waals surface area contributed by atoms with Crippen LogP contribution in [0.1, 0.15) is 24.8 Å². The van der Waals surface area contributed by atoms with Crippen molar-refractivity contribution < 1.29 is 14.6 Å². The molecule has 4 nitrogen and oxygen atoms in total. The summed E-state index contributed by atoms with van der Waals surface area (Å²) in [6, 6.07) is 3.39. The van der Waals surface area contributed by atoms with E-state index in [0.29, 0.717) is 11.5 Å². The van der Waals surface area contributed by atoms with Crippen molar-refractivity contribution in [1.29, 1.82) is 0 Å². The van der Waals surface area contributed by atoms with E-state index in [1.165, 1.54) is 0 Å². The molecule has 17 heavy (non-hydrogen) atoms. The van der Waals surface area contributed by atoms with Gasteiger partial charge in [-0.1, -0.05) is 0 Å². The Labute approximate surface area is 101 Å². The van der Waals surface area contributed by atoms with Crippen molar-refractivity contribution in [2.24, 2.45) is 5.73 Å². The lowest BCUT2D eigenvalue weighted by molar-refractivity contribution is 0.377. The smallest absolute Gasteiger partial charge is 0.129 e. The number of nitrogens with two attached hydrogens (primary N) is 1. The molecule has 0 amide bonds. The molecule has 0 radical (unpaired) electrons. The fraction of sp³-hybridized carbons (Fsp3) is 0.538. The largest absolute Gasteiger partial charge is 0.507 e. The van der Waals surface area contributed by atoms with Gasteiger partial charge in [-0.2, -0.15) is 0 Å². The van der Waals surface area contributed by atoms with E-state index in [-0.39, 0.29) is 11.3 Å². The van der Waals surface area contributed by atoms with Gasteiger partial charge in [-0.05, 0) is 25.7 Å². The van der Waals surface area contributed by atoms with E-state index in [1.807, 2.05) is 0 Å². The molecule has 3 N–H and O–H groups in total. The minimum absolute atomic E-state index is 0.0165. The summed E-state index contributed by atoms with van der Waals surface area (Å²) in [6.07, 6.45) is 3.76. The molecule has 0 aromatic heterocycles. The zero-order valence-electron chi connectivity index (χ0n) is 10.3. The number of aromatic hydroxyl groups is 1. The van der Waals surface area contributed by atoms with Gasteiger partial charge in [0, 0.05) is 23.2 Å². The van der Waals surface area contributed by atoms with Crippen molar-refractivity contribution in [1.82, 2.24) is 0 Å². The summed E-state index contributed by atoms with van der Waals surface area (Å²) in [5.41, 5.74) is 6.84. The van der Waals surface area contributed by atoms with Gasteiger partial charge >= 0.3 is 0 Å². The van der Waals surface area contributed by atoms with Crippen molar-refractivity contribution >= 4 is 0 Å². The van der Waals surface area contributed by atoms with Gasteiger partial charge in [-0.25, -0.2) is 0 Å². The van der Waals surface area contributed by atoms with E-state index in [9.17, 15) is 5.11 Å². The molecule has 0 unspecified atom stereocenters. The van der Waals surface area contributed by atoms with Crippen LogP contribution < -0.4 is 15.2 Å². The number of hydrogen-bond acceptors (Lipinski definition) is 4. The van der Waals surface area contributed by atoms with Crippen molar-refractivity contribution in [3.63, 3.8) is 0 Å². The highest BCUT2D eigenvalue weighted by Gasteiger charge is 2.37. The lowest BCUT2D eigenvalue weighted by Crippen LogP contribution is -2.22. The van der Waals surface area contributed by atoms with Gasteiger partial charge < -0.3 is 20.3 Å². The Balaban J connectivity index is 2.18. The standard InChI is InChI=1S/C13H19NO3/c1-16-9-7-11(15)10(12(8-9)17-2)3-4-13(14)5-6-13/h7-8,15H,3-6,14H2,1-2H3. The average molecular weight is 237 g/mol. The molecular weight excluding hydrogens is 218 g/mol. The number of phenols is 1. The van der Waals surface area contributed by atoms with E-state index in [2.05, 4.69) is 0 Å². The maximum atomic E-state index is 9.95. The number of phenolic OH excluding ortho intramolecular Hbond substituents is 1. The van der Waals surface area contributed by atoms with E-state index in [0.717, 1.165) is 31.2 Å². The van der Waals surface area contributed by atoms with E-state index >= 15 is 0 Å². The predicted octanol–water partition coefficient (Wildman–Crippen LogP) is 1.83. The van der Waals surface area contributed by atoms with E-state index in [4.69, 9.17) is 15.2 Å². The van der Waals surface area contributed by atoms with Crippen molar-refractivity contribution in [3.8, 4) is 17.2 Å². The van der Waals surface area contributed by atoms with Gasteiger partial charge in [0.05, 0.1) is 14.2 Å². The zero-order valence-corrected chi connectivity index (χ0v) is 10.3. The topological polar surface area (TPSA) is 64.7 Å². The third-order valence-corrected chi connectivity index (χ3v) is 3.38. The first kappa shape index (κ1) is 12.0. The minimum Gasteiger partial charge on any atom is -0.507 e. The monoisotopic (exact) mass is 237 g/mol. The lowest BCUT2D eigenvalue weighted by atomic mass is 10.0. The Bertz CT molecular complexity index is 413. The molecule has 1 aliphatic carbocycles. The summed E-state index contributed by atoms with van der Waals surface area (Å²) in [4.78, 5) is 0. The molecule has 0 spiro atoms. The van der Waals surface area contributed by atoms with Crippen LogP contribution in [0.25, 0.3) is 0 Å². The molecule has 0 saturated heterocycles. The fourth-order valence-corrected chi connectivity index (χ4v) is 1.94. The molecule has 1 fully saturated rings. The molecule has 94 valence electrons. The summed E-state index contributed by atoms with van der Waals surface area (Å²) < 4.78 is 10.4. The van der Waals surface area contributed by atoms with Crippen LogP contribution in [0.5, 0.6) is 17.2 Å². The Kier molecular flexibility index (Phi) is 3.15. The third-order valence-electron chi connectivity index (χ3n) is 3.38. The number of rotatable bonds is 5. The third kappa shape index (κ3) is 2.64. The number of ether oxygens (including phenoxy) is 2. The van der Waals surface area contributed by atoms with Crippen LogP contribution >= 0.6 is 0 Å². The van der Waals surface area contributed by atoms with Crippen molar-refractivity contribution in [3.05, 3.63) is 17.7 Å². The van der Waals surface area contributed by atoms with E-state index < -0.39 is 0 Å². The second kappa shape index (κ2) is 4.45. The second-order valence-corrected chi connectivity index (χ2v) is 4.69. The summed E-state index contributed by atoms with van der Waals surface area (Å²) in [6.45, 7) is 0. The first-order valence-electron chi connectivity index (χ1n) is 5.81. The van der Waals surface area contributed by atoms with Crippen LogP contribution in [0.4, 0.5) is 0 Å². The molecule has 4 heteroatoms. The maximum absolute atomic E-state index is 9.95. The molecule has 0 aliphatic heterocycles. The number of methoxy groups -OCH3 is 2. The van der Waals surface area contributed by atoms with Gasteiger partial charge in [0.2, 0.25) is 0 Å². The quantitative estimate of drug-likeness (QED) is 0.820. The maximum Gasteiger partial charge on any atom is 0.129 e. The van der Waals surface area contributed by atoms with Crippen LogP contribution in [0.2, 0.25) is 0 Å². The molecule has 0 bridgehead atoms. The van der Waals surface area contributed by atoms with Crippen LogP contribution in [0.15, 0.2) is 12.1 Å². The minimum atomic E-state index is -0.0165. The number of hydrogen-bond donors (Lipinski definition) is 2. The molecular formula is C13H19NO3. The summed E-state index contributed by atoms with van der Waals surface area (Å²) in [5.74, 6) is 1.47. The van der Waals surface area contributed by atoms with E-state index in [1.54, 1.807) is 26.4 Å². The summed E-state index contributed by atoms with van der Waals surface area (Å²) in [7, 11) is 3.15. The van der Waals surface area contributed by atoms with Crippen molar-refractivity contribution in [2.45, 2.75) is 31.2 Å². The highest BCUT2D eigenvalue weighted by molar-refractivity contribution is 5.50. The van der Waals surface area contributed by atoms with Gasteiger partial charge in [-0.3, -0.25) is 0 Å². The van der Waals surface area contributed by atoms with Crippen molar-refractivity contribution in [2.75, 3.05) is 14.2 Å². The summed E-state index contributed by atoms with van der Waals surface area (Å²) >= 11 is 0. The molecule has 0 atom stereocenters. The SMILES string of the molecule is COc1cc(O)c(CCC2(N)CC2)c(OC)c1.